The Balaban J connectivity index is 1.59. The first-order valence-corrected chi connectivity index (χ1v) is 11.6. The summed E-state index contributed by atoms with van der Waals surface area (Å²) in [5.41, 5.74) is 3.14. The van der Waals surface area contributed by atoms with E-state index < -0.39 is 0 Å². The molecule has 2 heterocycles. The number of aromatic nitrogens is 2. The third-order valence-corrected chi connectivity index (χ3v) is 6.63. The number of thioether (sulfide) groups is 1. The number of carbonyl (C=O) groups excluding carboxylic acids is 1. The van der Waals surface area contributed by atoms with E-state index in [2.05, 4.69) is 25.8 Å². The van der Waals surface area contributed by atoms with Gasteiger partial charge in [-0.3, -0.25) is 4.79 Å². The van der Waals surface area contributed by atoms with Gasteiger partial charge in [0.2, 0.25) is 5.91 Å². The molecule has 0 bridgehead atoms. The van der Waals surface area contributed by atoms with E-state index >= 15 is 0 Å². The Bertz CT molecular complexity index is 1040. The summed E-state index contributed by atoms with van der Waals surface area (Å²) in [5.74, 6) is 2.27. The lowest BCUT2D eigenvalue weighted by Gasteiger charge is -2.33. The van der Waals surface area contributed by atoms with Gasteiger partial charge in [0.1, 0.15) is 5.82 Å². The Kier molecular flexibility index (Phi) is 6.56. The predicted molar refractivity (Wildman–Crippen MR) is 127 cm³/mol. The van der Waals surface area contributed by atoms with Crippen LogP contribution in [0.2, 0.25) is 0 Å². The molecule has 4 rings (SSSR count). The number of anilines is 1. The summed E-state index contributed by atoms with van der Waals surface area (Å²) in [7, 11) is 2.06. The molecule has 2 aromatic carbocycles. The summed E-state index contributed by atoms with van der Waals surface area (Å²) in [6.45, 7) is 5.56. The Morgan fingerprint density at radius 3 is 2.42 bits per heavy atom. The van der Waals surface area contributed by atoms with Crippen LogP contribution in [-0.4, -0.2) is 46.2 Å². The van der Waals surface area contributed by atoms with Crippen LogP contribution in [0.3, 0.4) is 0 Å². The van der Waals surface area contributed by atoms with Gasteiger partial charge < -0.3 is 9.80 Å². The van der Waals surface area contributed by atoms with Crippen molar-refractivity contribution in [1.82, 2.24) is 14.9 Å². The van der Waals surface area contributed by atoms with Crippen LogP contribution in [0.5, 0.6) is 0 Å². The highest BCUT2D eigenvalue weighted by molar-refractivity contribution is 8.00. The smallest absolute Gasteiger partial charge is 0.233 e. The van der Waals surface area contributed by atoms with E-state index in [-0.39, 0.29) is 5.91 Å². The van der Waals surface area contributed by atoms with Crippen LogP contribution in [0.4, 0.5) is 5.82 Å². The average Bonchev–Trinajstić information content (AvgIpc) is 2.82. The van der Waals surface area contributed by atoms with Crippen LogP contribution in [0.15, 0.2) is 65.6 Å². The zero-order chi connectivity index (χ0) is 21.8. The molecule has 0 aliphatic carbocycles. The van der Waals surface area contributed by atoms with Crippen LogP contribution >= 0.6 is 11.8 Å². The number of amides is 1. The van der Waals surface area contributed by atoms with Crippen LogP contribution in [0, 0.1) is 0 Å². The molecule has 6 heteroatoms. The van der Waals surface area contributed by atoms with Crippen LogP contribution in [0.1, 0.15) is 25.1 Å². The molecule has 0 fully saturated rings. The monoisotopic (exact) mass is 432 g/mol. The minimum absolute atomic E-state index is 0.157. The molecule has 31 heavy (non-hydrogen) atoms. The normalized spacial score (nSPS) is 13.2. The summed E-state index contributed by atoms with van der Waals surface area (Å²) in [4.78, 5) is 28.0. The van der Waals surface area contributed by atoms with E-state index in [1.807, 2.05) is 65.6 Å². The van der Waals surface area contributed by atoms with Crippen molar-refractivity contribution in [3.63, 3.8) is 0 Å². The fraction of sp³-hybridized carbons (Fsp3) is 0.320. The van der Waals surface area contributed by atoms with Crippen molar-refractivity contribution in [2.75, 3.05) is 24.2 Å². The third kappa shape index (κ3) is 4.90. The van der Waals surface area contributed by atoms with Crippen molar-refractivity contribution < 1.29 is 4.79 Å². The van der Waals surface area contributed by atoms with E-state index in [0.29, 0.717) is 24.9 Å². The maximum absolute atomic E-state index is 12.9. The number of hydrogen-bond acceptors (Lipinski definition) is 5. The highest BCUT2D eigenvalue weighted by atomic mass is 32.2. The van der Waals surface area contributed by atoms with Crippen molar-refractivity contribution in [2.45, 2.75) is 37.8 Å². The van der Waals surface area contributed by atoms with Gasteiger partial charge in [-0.2, -0.15) is 0 Å². The SMILES string of the molecule is CC(C)N(C)c1nc(-c2ccccc2)nc2c1CN(C(=O)CSc1ccccc1)CC2. The van der Waals surface area contributed by atoms with E-state index in [1.165, 1.54) is 0 Å². The topological polar surface area (TPSA) is 49.3 Å². The van der Waals surface area contributed by atoms with E-state index in [9.17, 15) is 4.79 Å². The zero-order valence-corrected chi connectivity index (χ0v) is 19.1. The van der Waals surface area contributed by atoms with E-state index in [4.69, 9.17) is 9.97 Å². The molecule has 1 amide bonds. The molecule has 0 saturated carbocycles. The first kappa shape index (κ1) is 21.4. The maximum Gasteiger partial charge on any atom is 0.233 e. The predicted octanol–water partition coefficient (Wildman–Crippen LogP) is 4.67. The van der Waals surface area contributed by atoms with Crippen LogP contribution < -0.4 is 4.90 Å². The van der Waals surface area contributed by atoms with Gasteiger partial charge in [-0.05, 0) is 26.0 Å². The second-order valence-corrected chi connectivity index (χ2v) is 9.08. The van der Waals surface area contributed by atoms with Gasteiger partial charge in [-0.15, -0.1) is 11.8 Å². The van der Waals surface area contributed by atoms with Gasteiger partial charge in [0.05, 0.1) is 18.0 Å². The first-order valence-electron chi connectivity index (χ1n) is 10.7. The third-order valence-electron chi connectivity index (χ3n) is 5.64. The van der Waals surface area contributed by atoms with E-state index in [1.54, 1.807) is 11.8 Å². The maximum atomic E-state index is 12.9. The number of carbonyl (C=O) groups is 1. The Labute approximate surface area is 188 Å². The molecule has 0 N–H and O–H groups in total. The highest BCUT2D eigenvalue weighted by Crippen LogP contribution is 2.30. The highest BCUT2D eigenvalue weighted by Gasteiger charge is 2.27. The molecular formula is C25H28N4OS. The minimum atomic E-state index is 0.157. The number of fused-ring (bicyclic) bond motifs is 1. The Hall–Kier alpha value is -2.86. The quantitative estimate of drug-likeness (QED) is 0.530. The van der Waals surface area contributed by atoms with Crippen molar-refractivity contribution in [1.29, 1.82) is 0 Å². The van der Waals surface area contributed by atoms with Crippen LogP contribution in [-0.2, 0) is 17.8 Å². The second-order valence-electron chi connectivity index (χ2n) is 8.03. The largest absolute Gasteiger partial charge is 0.357 e. The summed E-state index contributed by atoms with van der Waals surface area (Å²) in [6.07, 6.45) is 0.748. The Morgan fingerprint density at radius 1 is 1.06 bits per heavy atom. The Morgan fingerprint density at radius 2 is 1.74 bits per heavy atom. The van der Waals surface area contributed by atoms with E-state index in [0.717, 1.165) is 39.8 Å². The van der Waals surface area contributed by atoms with Crippen molar-refractivity contribution in [2.24, 2.45) is 0 Å². The zero-order valence-electron chi connectivity index (χ0n) is 18.3. The average molecular weight is 433 g/mol. The van der Waals surface area contributed by atoms with Gasteiger partial charge in [0.25, 0.3) is 0 Å². The van der Waals surface area contributed by atoms with Crippen LogP contribution in [0.25, 0.3) is 11.4 Å². The molecule has 1 aliphatic rings. The second kappa shape index (κ2) is 9.52. The fourth-order valence-electron chi connectivity index (χ4n) is 3.62. The lowest BCUT2D eigenvalue weighted by Crippen LogP contribution is -2.39. The number of rotatable bonds is 6. The summed E-state index contributed by atoms with van der Waals surface area (Å²) in [5, 5.41) is 0. The molecule has 0 radical (unpaired) electrons. The van der Waals surface area contributed by atoms with Gasteiger partial charge in [0, 0.05) is 42.1 Å². The van der Waals surface area contributed by atoms with Crippen molar-refractivity contribution in [3.05, 3.63) is 71.9 Å². The van der Waals surface area contributed by atoms with Gasteiger partial charge in [0.15, 0.2) is 5.82 Å². The number of benzene rings is 2. The molecule has 0 unspecified atom stereocenters. The molecule has 0 spiro atoms. The van der Waals surface area contributed by atoms with Crippen molar-refractivity contribution >= 4 is 23.5 Å². The molecule has 0 atom stereocenters. The molecule has 160 valence electrons. The molecular weight excluding hydrogens is 404 g/mol. The first-order chi connectivity index (χ1) is 15.0. The number of nitrogens with zero attached hydrogens (tertiary/aromatic N) is 4. The lowest BCUT2D eigenvalue weighted by atomic mass is 10.0. The minimum Gasteiger partial charge on any atom is -0.357 e. The molecule has 1 aliphatic heterocycles. The molecule has 1 aromatic heterocycles. The van der Waals surface area contributed by atoms with Gasteiger partial charge in [-0.1, -0.05) is 48.5 Å². The van der Waals surface area contributed by atoms with Crippen molar-refractivity contribution in [3.8, 4) is 11.4 Å². The summed E-state index contributed by atoms with van der Waals surface area (Å²) < 4.78 is 0. The number of hydrogen-bond donors (Lipinski definition) is 0. The molecule has 0 saturated heterocycles. The molecule has 3 aromatic rings. The lowest BCUT2D eigenvalue weighted by molar-refractivity contribution is -0.129. The standard InChI is InChI=1S/C25H28N4OS/c1-18(2)28(3)25-21-16-29(23(30)17-31-20-12-8-5-9-13-20)15-14-22(21)26-24(27-25)19-10-6-4-7-11-19/h4-13,18H,14-17H2,1-3H3. The van der Waals surface area contributed by atoms with Gasteiger partial charge >= 0.3 is 0 Å². The summed E-state index contributed by atoms with van der Waals surface area (Å²) in [6, 6.07) is 20.5. The molecule has 5 nitrogen and oxygen atoms in total. The fourth-order valence-corrected chi connectivity index (χ4v) is 4.44. The van der Waals surface area contributed by atoms with Gasteiger partial charge in [-0.25, -0.2) is 9.97 Å². The summed E-state index contributed by atoms with van der Waals surface area (Å²) >= 11 is 1.59.